The second-order valence-electron chi connectivity index (χ2n) is 4.47. The van der Waals surface area contributed by atoms with Crippen molar-refractivity contribution in [1.82, 2.24) is 10.6 Å². The maximum absolute atomic E-state index is 5.43. The molecule has 140 valence electrons. The van der Waals surface area contributed by atoms with Crippen LogP contribution in [0, 0.1) is 0 Å². The highest BCUT2D eigenvalue weighted by Gasteiger charge is 1.91. The van der Waals surface area contributed by atoms with Crippen LogP contribution in [0.2, 0.25) is 0 Å². The molecule has 0 aliphatic carbocycles. The molecule has 0 radical (unpaired) electrons. The third-order valence-corrected chi connectivity index (χ3v) is 7.05. The maximum Gasteiger partial charge on any atom is 0.0218 e. The molecule has 23 heavy (non-hydrogen) atoms. The molecular formula is C14H33ClN4S4. The van der Waals surface area contributed by atoms with E-state index in [0.29, 0.717) is 0 Å². The summed E-state index contributed by atoms with van der Waals surface area (Å²) in [5.74, 6) is 4.51. The van der Waals surface area contributed by atoms with E-state index in [2.05, 4.69) is 22.8 Å². The van der Waals surface area contributed by atoms with Gasteiger partial charge in [-0.2, -0.15) is 0 Å². The van der Waals surface area contributed by atoms with Crippen LogP contribution in [0.1, 0.15) is 12.8 Å². The predicted octanol–water partition coefficient (Wildman–Crippen LogP) is 2.60. The molecule has 6 N–H and O–H groups in total. The van der Waals surface area contributed by atoms with E-state index in [9.17, 15) is 0 Å². The number of hydrogen-bond acceptors (Lipinski definition) is 8. The average molecular weight is 421 g/mol. The molecule has 0 aliphatic rings. The Balaban J connectivity index is 0. The van der Waals surface area contributed by atoms with Gasteiger partial charge < -0.3 is 22.1 Å². The SMILES string of the molecule is Cl.NCCCNCCSSC/C=C/CSSCCNCCCN. The zero-order chi connectivity index (χ0) is 16.1. The third kappa shape index (κ3) is 25.6. The Morgan fingerprint density at radius 3 is 1.48 bits per heavy atom. The molecule has 0 heterocycles. The minimum atomic E-state index is 0. The molecule has 9 heteroatoms. The lowest BCUT2D eigenvalue weighted by Crippen LogP contribution is -2.20. The Labute approximate surface area is 164 Å². The van der Waals surface area contributed by atoms with Gasteiger partial charge in [0.05, 0.1) is 0 Å². The summed E-state index contributed by atoms with van der Waals surface area (Å²) in [5, 5.41) is 6.77. The quantitative estimate of drug-likeness (QED) is 0.153. The topological polar surface area (TPSA) is 76.1 Å². The van der Waals surface area contributed by atoms with Gasteiger partial charge in [0.1, 0.15) is 0 Å². The Morgan fingerprint density at radius 1 is 0.652 bits per heavy atom. The van der Waals surface area contributed by atoms with Crippen molar-refractivity contribution in [3.05, 3.63) is 12.2 Å². The van der Waals surface area contributed by atoms with Crippen LogP contribution in [0.25, 0.3) is 0 Å². The van der Waals surface area contributed by atoms with E-state index < -0.39 is 0 Å². The standard InChI is InChI=1S/C14H32N4S4.ClH/c15-5-3-7-17-9-13-21-19-11-1-2-12-20-22-14-10-18-8-4-6-16;/h1-2,17-18H,3-16H2;1H/b2-1+;. The summed E-state index contributed by atoms with van der Waals surface area (Å²) in [7, 11) is 7.72. The first-order chi connectivity index (χ1) is 10.9. The van der Waals surface area contributed by atoms with Crippen LogP contribution in [0.15, 0.2) is 12.2 Å². The first-order valence-electron chi connectivity index (χ1n) is 7.87. The van der Waals surface area contributed by atoms with Gasteiger partial charge in [0, 0.05) is 36.1 Å². The number of halogens is 1. The van der Waals surface area contributed by atoms with Gasteiger partial charge in [-0.1, -0.05) is 55.3 Å². The van der Waals surface area contributed by atoms with Crippen molar-refractivity contribution in [2.75, 3.05) is 62.3 Å². The first-order valence-corrected chi connectivity index (χ1v) is 12.8. The fourth-order valence-electron chi connectivity index (χ4n) is 1.36. The van der Waals surface area contributed by atoms with Crippen molar-refractivity contribution in [3.8, 4) is 0 Å². The van der Waals surface area contributed by atoms with E-state index in [1.54, 1.807) is 0 Å². The van der Waals surface area contributed by atoms with Crippen molar-refractivity contribution in [3.63, 3.8) is 0 Å². The summed E-state index contributed by atoms with van der Waals surface area (Å²) in [6.07, 6.45) is 6.68. The van der Waals surface area contributed by atoms with Gasteiger partial charge in [0.25, 0.3) is 0 Å². The van der Waals surface area contributed by atoms with Gasteiger partial charge in [-0.3, -0.25) is 0 Å². The highest BCUT2D eigenvalue weighted by molar-refractivity contribution is 8.77. The molecule has 0 atom stereocenters. The molecule has 0 bridgehead atoms. The monoisotopic (exact) mass is 420 g/mol. The van der Waals surface area contributed by atoms with E-state index in [4.69, 9.17) is 11.5 Å². The minimum Gasteiger partial charge on any atom is -0.330 e. The van der Waals surface area contributed by atoms with Crippen LogP contribution in [-0.2, 0) is 0 Å². The second kappa shape index (κ2) is 25.5. The van der Waals surface area contributed by atoms with Gasteiger partial charge in [-0.15, -0.1) is 12.4 Å². The molecule has 0 saturated heterocycles. The molecule has 0 spiro atoms. The molecule has 4 nitrogen and oxygen atoms in total. The number of hydrogen-bond donors (Lipinski definition) is 4. The predicted molar refractivity (Wildman–Crippen MR) is 119 cm³/mol. The molecule has 0 aromatic carbocycles. The second-order valence-corrected chi connectivity index (χ2v) is 9.72. The fraction of sp³-hybridized carbons (Fsp3) is 0.857. The minimum absolute atomic E-state index is 0. The Hall–Kier alpha value is 1.27. The van der Waals surface area contributed by atoms with Crippen LogP contribution < -0.4 is 22.1 Å². The Morgan fingerprint density at radius 2 is 1.09 bits per heavy atom. The summed E-state index contributed by atoms with van der Waals surface area (Å²) in [6.45, 7) is 5.79. The maximum atomic E-state index is 5.43. The number of nitrogens with one attached hydrogen (secondary N) is 2. The summed E-state index contributed by atoms with van der Waals surface area (Å²) in [4.78, 5) is 0. The van der Waals surface area contributed by atoms with Gasteiger partial charge in [0.2, 0.25) is 0 Å². The van der Waals surface area contributed by atoms with Crippen LogP contribution >= 0.6 is 55.6 Å². The van der Waals surface area contributed by atoms with Crippen molar-refractivity contribution >= 4 is 55.6 Å². The Kier molecular flexibility index (Phi) is 29.4. The number of nitrogens with two attached hydrogens (primary N) is 2. The lowest BCUT2D eigenvalue weighted by molar-refractivity contribution is 0.683. The normalized spacial score (nSPS) is 11.0. The van der Waals surface area contributed by atoms with Crippen molar-refractivity contribution in [1.29, 1.82) is 0 Å². The van der Waals surface area contributed by atoms with Crippen LogP contribution in [0.5, 0.6) is 0 Å². The van der Waals surface area contributed by atoms with E-state index in [1.807, 2.05) is 43.2 Å². The van der Waals surface area contributed by atoms with Gasteiger partial charge in [-0.05, 0) is 39.0 Å². The summed E-state index contributed by atoms with van der Waals surface area (Å²) < 4.78 is 0. The molecule has 0 fully saturated rings. The third-order valence-electron chi connectivity index (χ3n) is 2.50. The lowest BCUT2D eigenvalue weighted by atomic mass is 10.4. The molecule has 0 amide bonds. The van der Waals surface area contributed by atoms with Crippen molar-refractivity contribution in [2.45, 2.75) is 12.8 Å². The van der Waals surface area contributed by atoms with E-state index in [1.165, 1.54) is 0 Å². The highest BCUT2D eigenvalue weighted by atomic mass is 35.5. The lowest BCUT2D eigenvalue weighted by Gasteiger charge is -2.02. The molecule has 0 saturated carbocycles. The molecule has 0 unspecified atom stereocenters. The van der Waals surface area contributed by atoms with E-state index in [0.717, 1.165) is 75.1 Å². The van der Waals surface area contributed by atoms with Crippen LogP contribution in [0.4, 0.5) is 0 Å². The molecular weight excluding hydrogens is 388 g/mol. The van der Waals surface area contributed by atoms with Gasteiger partial charge in [-0.25, -0.2) is 0 Å². The van der Waals surface area contributed by atoms with Gasteiger partial charge in [0.15, 0.2) is 0 Å². The van der Waals surface area contributed by atoms with Crippen LogP contribution in [-0.4, -0.2) is 62.3 Å². The largest absolute Gasteiger partial charge is 0.330 e. The van der Waals surface area contributed by atoms with Crippen molar-refractivity contribution in [2.24, 2.45) is 11.5 Å². The molecule has 0 rings (SSSR count). The highest BCUT2D eigenvalue weighted by Crippen LogP contribution is 2.22. The Bertz CT molecular complexity index is 217. The van der Waals surface area contributed by atoms with Crippen molar-refractivity contribution < 1.29 is 0 Å². The van der Waals surface area contributed by atoms with E-state index >= 15 is 0 Å². The molecule has 0 aromatic rings. The smallest absolute Gasteiger partial charge is 0.0218 e. The summed E-state index contributed by atoms with van der Waals surface area (Å²) in [5.41, 5.74) is 10.9. The zero-order valence-electron chi connectivity index (χ0n) is 13.8. The average Bonchev–Trinajstić information content (AvgIpc) is 2.54. The molecule has 0 aliphatic heterocycles. The zero-order valence-corrected chi connectivity index (χ0v) is 17.9. The summed E-state index contributed by atoms with van der Waals surface area (Å²) >= 11 is 0. The van der Waals surface area contributed by atoms with Gasteiger partial charge >= 0.3 is 0 Å². The summed E-state index contributed by atoms with van der Waals surface area (Å²) in [6, 6.07) is 0. The molecule has 0 aromatic heterocycles. The van der Waals surface area contributed by atoms with Crippen LogP contribution in [0.3, 0.4) is 0 Å². The van der Waals surface area contributed by atoms with E-state index in [-0.39, 0.29) is 12.4 Å². The number of rotatable bonds is 18. The first kappa shape index (κ1) is 26.5. The fourth-order valence-corrected chi connectivity index (χ4v) is 4.93.